The van der Waals surface area contributed by atoms with Crippen molar-refractivity contribution in [2.75, 3.05) is 19.0 Å². The van der Waals surface area contributed by atoms with Gasteiger partial charge in [-0.25, -0.2) is 0 Å². The van der Waals surface area contributed by atoms with Gasteiger partial charge in [0.2, 0.25) is 5.91 Å². The lowest BCUT2D eigenvalue weighted by Gasteiger charge is -2.07. The molecule has 1 amide bonds. The molecule has 3 nitrogen and oxygen atoms in total. The van der Waals surface area contributed by atoms with Crippen molar-refractivity contribution < 1.29 is 9.53 Å². The van der Waals surface area contributed by atoms with E-state index in [1.54, 1.807) is 0 Å². The Morgan fingerprint density at radius 1 is 1.50 bits per heavy atom. The van der Waals surface area contributed by atoms with Gasteiger partial charge in [-0.3, -0.25) is 4.79 Å². The molecule has 0 fully saturated rings. The second kappa shape index (κ2) is 7.12. The van der Waals surface area contributed by atoms with Crippen LogP contribution in [-0.4, -0.2) is 24.9 Å². The molecular formula is C12H16ClNO2. The number of carbonyl (C=O) groups excluding carboxylic acids is 1. The summed E-state index contributed by atoms with van der Waals surface area (Å²) in [7, 11) is 0. The zero-order valence-electron chi connectivity index (χ0n) is 9.33. The van der Waals surface area contributed by atoms with Crippen LogP contribution in [0, 0.1) is 6.92 Å². The van der Waals surface area contributed by atoms with Crippen LogP contribution in [0.25, 0.3) is 0 Å². The van der Waals surface area contributed by atoms with E-state index < -0.39 is 0 Å². The summed E-state index contributed by atoms with van der Waals surface area (Å²) in [6.45, 7) is 2.98. The molecule has 88 valence electrons. The van der Waals surface area contributed by atoms with Gasteiger partial charge in [0.15, 0.2) is 0 Å². The molecule has 0 saturated heterocycles. The first-order chi connectivity index (χ1) is 7.72. The quantitative estimate of drug-likeness (QED) is 0.612. The molecule has 1 aromatic carbocycles. The van der Waals surface area contributed by atoms with Crippen LogP contribution in [-0.2, 0) is 4.79 Å². The largest absolute Gasteiger partial charge is 0.492 e. The minimum atomic E-state index is -0.0390. The van der Waals surface area contributed by atoms with Crippen molar-refractivity contribution in [1.29, 1.82) is 0 Å². The SMILES string of the molecule is Cc1cccc(OCCNC(=O)CCCl)c1. The predicted molar refractivity (Wildman–Crippen MR) is 65.0 cm³/mol. The van der Waals surface area contributed by atoms with Crippen LogP contribution < -0.4 is 10.1 Å². The van der Waals surface area contributed by atoms with Gasteiger partial charge in [-0.15, -0.1) is 11.6 Å². The van der Waals surface area contributed by atoms with Crippen molar-refractivity contribution in [2.24, 2.45) is 0 Å². The van der Waals surface area contributed by atoms with Gasteiger partial charge in [-0.1, -0.05) is 12.1 Å². The normalized spacial score (nSPS) is 9.88. The Balaban J connectivity index is 2.18. The predicted octanol–water partition coefficient (Wildman–Crippen LogP) is 2.12. The number of halogens is 1. The number of benzene rings is 1. The van der Waals surface area contributed by atoms with Gasteiger partial charge < -0.3 is 10.1 Å². The Labute approximate surface area is 101 Å². The van der Waals surface area contributed by atoms with E-state index in [1.807, 2.05) is 31.2 Å². The Morgan fingerprint density at radius 2 is 2.31 bits per heavy atom. The van der Waals surface area contributed by atoms with Crippen LogP contribution in [0.2, 0.25) is 0 Å². The molecule has 0 atom stereocenters. The highest BCUT2D eigenvalue weighted by atomic mass is 35.5. The summed E-state index contributed by atoms with van der Waals surface area (Å²) in [4.78, 5) is 11.1. The van der Waals surface area contributed by atoms with Crippen molar-refractivity contribution in [1.82, 2.24) is 5.32 Å². The fraction of sp³-hybridized carbons (Fsp3) is 0.417. The van der Waals surface area contributed by atoms with Gasteiger partial charge in [-0.05, 0) is 24.6 Å². The topological polar surface area (TPSA) is 38.3 Å². The van der Waals surface area contributed by atoms with E-state index >= 15 is 0 Å². The lowest BCUT2D eigenvalue weighted by Crippen LogP contribution is -2.28. The molecule has 16 heavy (non-hydrogen) atoms. The van der Waals surface area contributed by atoms with E-state index in [0.29, 0.717) is 25.5 Å². The van der Waals surface area contributed by atoms with E-state index in [0.717, 1.165) is 11.3 Å². The summed E-state index contributed by atoms with van der Waals surface area (Å²) in [6.07, 6.45) is 0.353. The number of nitrogens with one attached hydrogen (secondary N) is 1. The first-order valence-electron chi connectivity index (χ1n) is 5.24. The van der Waals surface area contributed by atoms with Crippen LogP contribution >= 0.6 is 11.6 Å². The van der Waals surface area contributed by atoms with E-state index in [-0.39, 0.29) is 5.91 Å². The standard InChI is InChI=1S/C12H16ClNO2/c1-10-3-2-4-11(9-10)16-8-7-14-12(15)5-6-13/h2-4,9H,5-8H2,1H3,(H,14,15). The number of rotatable bonds is 6. The van der Waals surface area contributed by atoms with Gasteiger partial charge in [-0.2, -0.15) is 0 Å². The molecule has 4 heteroatoms. The zero-order chi connectivity index (χ0) is 11.8. The van der Waals surface area contributed by atoms with Crippen molar-refractivity contribution in [3.63, 3.8) is 0 Å². The lowest BCUT2D eigenvalue weighted by molar-refractivity contribution is -0.120. The Hall–Kier alpha value is -1.22. The first-order valence-corrected chi connectivity index (χ1v) is 5.78. The maximum atomic E-state index is 11.1. The number of carbonyl (C=O) groups is 1. The van der Waals surface area contributed by atoms with E-state index in [4.69, 9.17) is 16.3 Å². The van der Waals surface area contributed by atoms with E-state index in [2.05, 4.69) is 5.32 Å². The Morgan fingerprint density at radius 3 is 3.00 bits per heavy atom. The number of alkyl halides is 1. The molecule has 0 radical (unpaired) electrons. The van der Waals surface area contributed by atoms with Crippen LogP contribution in [0.15, 0.2) is 24.3 Å². The summed E-state index contributed by atoms with van der Waals surface area (Å²) in [5.74, 6) is 1.14. The molecule has 1 aromatic rings. The number of aryl methyl sites for hydroxylation is 1. The second-order valence-corrected chi connectivity index (χ2v) is 3.83. The van der Waals surface area contributed by atoms with Crippen molar-refractivity contribution in [3.05, 3.63) is 29.8 Å². The summed E-state index contributed by atoms with van der Waals surface area (Å²) < 4.78 is 5.47. The second-order valence-electron chi connectivity index (χ2n) is 3.45. The van der Waals surface area contributed by atoms with Crippen molar-refractivity contribution >= 4 is 17.5 Å². The molecule has 0 saturated carbocycles. The van der Waals surface area contributed by atoms with Gasteiger partial charge in [0.1, 0.15) is 12.4 Å². The molecule has 0 bridgehead atoms. The monoisotopic (exact) mass is 241 g/mol. The van der Waals surface area contributed by atoms with Gasteiger partial charge in [0.05, 0.1) is 6.54 Å². The minimum Gasteiger partial charge on any atom is -0.492 e. The van der Waals surface area contributed by atoms with Crippen LogP contribution in [0.5, 0.6) is 5.75 Å². The van der Waals surface area contributed by atoms with Crippen LogP contribution in [0.1, 0.15) is 12.0 Å². The molecule has 0 aliphatic carbocycles. The summed E-state index contributed by atoms with van der Waals surface area (Å²) in [6, 6.07) is 7.81. The minimum absolute atomic E-state index is 0.0390. The Kier molecular flexibility index (Phi) is 5.72. The highest BCUT2D eigenvalue weighted by Gasteiger charge is 1.98. The third kappa shape index (κ3) is 5.03. The fourth-order valence-corrected chi connectivity index (χ4v) is 1.41. The molecule has 0 spiro atoms. The maximum Gasteiger partial charge on any atom is 0.221 e. The first kappa shape index (κ1) is 12.8. The van der Waals surface area contributed by atoms with E-state index in [1.165, 1.54) is 0 Å². The molecule has 0 aliphatic rings. The number of amides is 1. The van der Waals surface area contributed by atoms with Crippen LogP contribution in [0.4, 0.5) is 0 Å². The fourth-order valence-electron chi connectivity index (χ4n) is 1.24. The highest BCUT2D eigenvalue weighted by molar-refractivity contribution is 6.18. The number of ether oxygens (including phenoxy) is 1. The Bertz CT molecular complexity index is 342. The third-order valence-electron chi connectivity index (χ3n) is 2.00. The molecule has 0 unspecified atom stereocenters. The lowest BCUT2D eigenvalue weighted by atomic mass is 10.2. The van der Waals surface area contributed by atoms with Crippen molar-refractivity contribution in [3.8, 4) is 5.75 Å². The molecule has 1 rings (SSSR count). The molecule has 0 aliphatic heterocycles. The average molecular weight is 242 g/mol. The maximum absolute atomic E-state index is 11.1. The highest BCUT2D eigenvalue weighted by Crippen LogP contribution is 2.11. The summed E-state index contributed by atoms with van der Waals surface area (Å²) in [5.41, 5.74) is 1.16. The summed E-state index contributed by atoms with van der Waals surface area (Å²) in [5, 5.41) is 2.72. The number of hydrogen-bond acceptors (Lipinski definition) is 2. The molecule has 0 heterocycles. The number of hydrogen-bond donors (Lipinski definition) is 1. The third-order valence-corrected chi connectivity index (χ3v) is 2.19. The molecule has 1 N–H and O–H groups in total. The van der Waals surface area contributed by atoms with Gasteiger partial charge in [0.25, 0.3) is 0 Å². The smallest absolute Gasteiger partial charge is 0.221 e. The molecule has 0 aromatic heterocycles. The van der Waals surface area contributed by atoms with Gasteiger partial charge in [0, 0.05) is 12.3 Å². The van der Waals surface area contributed by atoms with E-state index in [9.17, 15) is 4.79 Å². The summed E-state index contributed by atoms with van der Waals surface area (Å²) >= 11 is 5.43. The molecular weight excluding hydrogens is 226 g/mol. The van der Waals surface area contributed by atoms with Crippen molar-refractivity contribution in [2.45, 2.75) is 13.3 Å². The van der Waals surface area contributed by atoms with Gasteiger partial charge >= 0.3 is 0 Å². The van der Waals surface area contributed by atoms with Crippen LogP contribution in [0.3, 0.4) is 0 Å². The average Bonchev–Trinajstić information content (AvgIpc) is 2.25. The zero-order valence-corrected chi connectivity index (χ0v) is 10.1.